The lowest BCUT2D eigenvalue weighted by Gasteiger charge is -2.03. The van der Waals surface area contributed by atoms with Crippen molar-refractivity contribution < 1.29 is 9.59 Å². The quantitative estimate of drug-likeness (QED) is 0.299. The molecule has 0 saturated heterocycles. The van der Waals surface area contributed by atoms with E-state index in [0.29, 0.717) is 12.8 Å². The molecule has 2 rings (SSSR count). The van der Waals surface area contributed by atoms with Gasteiger partial charge in [-0.25, -0.2) is 0 Å². The molecule has 2 heteroatoms. The molecular formula is C25H32O2. The molecule has 0 aliphatic rings. The third-order valence-corrected chi connectivity index (χ3v) is 4.92. The van der Waals surface area contributed by atoms with Crippen molar-refractivity contribution in [1.29, 1.82) is 0 Å². The van der Waals surface area contributed by atoms with E-state index in [1.54, 1.807) is 0 Å². The maximum Gasteiger partial charge on any atom is 0.140 e. The molecule has 0 N–H and O–H groups in total. The van der Waals surface area contributed by atoms with Crippen LogP contribution in [0.15, 0.2) is 60.7 Å². The van der Waals surface area contributed by atoms with Crippen LogP contribution in [0.2, 0.25) is 0 Å². The minimum absolute atomic E-state index is 0.115. The summed E-state index contributed by atoms with van der Waals surface area (Å²) >= 11 is 0. The SMILES string of the molecule is O=C(CCCCCc1ccccc1)CC(=O)CCCCCc1ccccc1. The normalized spacial score (nSPS) is 10.7. The van der Waals surface area contributed by atoms with E-state index >= 15 is 0 Å². The van der Waals surface area contributed by atoms with Gasteiger partial charge >= 0.3 is 0 Å². The van der Waals surface area contributed by atoms with Crippen molar-refractivity contribution in [1.82, 2.24) is 0 Å². The minimum atomic E-state index is 0.115. The first-order valence-corrected chi connectivity index (χ1v) is 10.4. The molecule has 0 fully saturated rings. The Hall–Kier alpha value is -2.22. The van der Waals surface area contributed by atoms with E-state index in [1.165, 1.54) is 11.1 Å². The molecule has 0 atom stereocenters. The topological polar surface area (TPSA) is 34.1 Å². The third-order valence-electron chi connectivity index (χ3n) is 4.92. The van der Waals surface area contributed by atoms with Crippen molar-refractivity contribution in [2.45, 2.75) is 70.6 Å². The van der Waals surface area contributed by atoms with E-state index < -0.39 is 0 Å². The summed E-state index contributed by atoms with van der Waals surface area (Å²) in [4.78, 5) is 23.9. The van der Waals surface area contributed by atoms with Gasteiger partial charge < -0.3 is 0 Å². The molecule has 2 aromatic rings. The van der Waals surface area contributed by atoms with Gasteiger partial charge in [-0.1, -0.05) is 73.5 Å². The van der Waals surface area contributed by atoms with Crippen LogP contribution in [0.4, 0.5) is 0 Å². The summed E-state index contributed by atoms with van der Waals surface area (Å²) in [6, 6.07) is 20.9. The lowest BCUT2D eigenvalue weighted by Crippen LogP contribution is -2.07. The summed E-state index contributed by atoms with van der Waals surface area (Å²) in [5, 5.41) is 0. The fraction of sp³-hybridized carbons (Fsp3) is 0.440. The second-order valence-corrected chi connectivity index (χ2v) is 7.35. The van der Waals surface area contributed by atoms with Crippen LogP contribution in [0.5, 0.6) is 0 Å². The first-order valence-electron chi connectivity index (χ1n) is 10.4. The highest BCUT2D eigenvalue weighted by Crippen LogP contribution is 2.11. The maximum absolute atomic E-state index is 11.9. The molecule has 0 heterocycles. The first kappa shape index (κ1) is 21.1. The lowest BCUT2D eigenvalue weighted by molar-refractivity contribution is -0.127. The molecule has 0 aliphatic carbocycles. The van der Waals surface area contributed by atoms with Gasteiger partial charge in [-0.05, 0) is 49.7 Å². The summed E-state index contributed by atoms with van der Waals surface area (Å²) in [5.41, 5.74) is 2.71. The summed E-state index contributed by atoms with van der Waals surface area (Å²) in [6.07, 6.45) is 9.47. The van der Waals surface area contributed by atoms with Crippen LogP contribution in [0, 0.1) is 0 Å². The molecule has 144 valence electrons. The average Bonchev–Trinajstić information content (AvgIpc) is 2.69. The largest absolute Gasteiger partial charge is 0.299 e. The Morgan fingerprint density at radius 2 is 0.926 bits per heavy atom. The van der Waals surface area contributed by atoms with Crippen molar-refractivity contribution in [3.63, 3.8) is 0 Å². The molecule has 0 aromatic heterocycles. The molecular weight excluding hydrogens is 332 g/mol. The fourth-order valence-corrected chi connectivity index (χ4v) is 3.34. The predicted octanol–water partition coefficient (Wildman–Crippen LogP) is 6.12. The first-order chi connectivity index (χ1) is 13.2. The fourth-order valence-electron chi connectivity index (χ4n) is 3.34. The smallest absolute Gasteiger partial charge is 0.140 e. The van der Waals surface area contributed by atoms with E-state index in [4.69, 9.17) is 0 Å². The number of carbonyl (C=O) groups excluding carboxylic acids is 2. The zero-order valence-electron chi connectivity index (χ0n) is 16.4. The highest BCUT2D eigenvalue weighted by Gasteiger charge is 2.09. The molecule has 0 radical (unpaired) electrons. The van der Waals surface area contributed by atoms with Crippen molar-refractivity contribution in [2.75, 3.05) is 0 Å². The third kappa shape index (κ3) is 9.89. The van der Waals surface area contributed by atoms with Gasteiger partial charge in [-0.2, -0.15) is 0 Å². The Kier molecular flexibility index (Phi) is 10.2. The van der Waals surface area contributed by atoms with E-state index in [1.807, 2.05) is 12.1 Å². The van der Waals surface area contributed by atoms with Gasteiger partial charge in [0, 0.05) is 12.8 Å². The lowest BCUT2D eigenvalue weighted by atomic mass is 10.0. The van der Waals surface area contributed by atoms with E-state index in [0.717, 1.165) is 51.4 Å². The number of ketones is 2. The van der Waals surface area contributed by atoms with Crippen LogP contribution in [0.1, 0.15) is 68.9 Å². The average molecular weight is 365 g/mol. The van der Waals surface area contributed by atoms with Gasteiger partial charge in [0.1, 0.15) is 11.6 Å². The van der Waals surface area contributed by atoms with Gasteiger partial charge in [0.25, 0.3) is 0 Å². The van der Waals surface area contributed by atoms with Crippen molar-refractivity contribution in [2.24, 2.45) is 0 Å². The summed E-state index contributed by atoms with van der Waals surface area (Å²) < 4.78 is 0. The Balaban J connectivity index is 1.44. The van der Waals surface area contributed by atoms with E-state index in [9.17, 15) is 9.59 Å². The van der Waals surface area contributed by atoms with Crippen LogP contribution in [-0.4, -0.2) is 11.6 Å². The van der Waals surface area contributed by atoms with Crippen molar-refractivity contribution >= 4 is 11.6 Å². The van der Waals surface area contributed by atoms with Crippen LogP contribution in [-0.2, 0) is 22.4 Å². The second-order valence-electron chi connectivity index (χ2n) is 7.35. The predicted molar refractivity (Wildman–Crippen MR) is 112 cm³/mol. The Morgan fingerprint density at radius 3 is 1.33 bits per heavy atom. The molecule has 2 nitrogen and oxygen atoms in total. The molecule has 0 saturated carbocycles. The molecule has 0 spiro atoms. The summed E-state index contributed by atoms with van der Waals surface area (Å²) in [7, 11) is 0. The number of hydrogen-bond donors (Lipinski definition) is 0. The van der Waals surface area contributed by atoms with Gasteiger partial charge in [0.05, 0.1) is 6.42 Å². The zero-order chi connectivity index (χ0) is 19.2. The van der Waals surface area contributed by atoms with Crippen LogP contribution in [0.25, 0.3) is 0 Å². The van der Waals surface area contributed by atoms with Gasteiger partial charge in [-0.3, -0.25) is 9.59 Å². The second kappa shape index (κ2) is 13.0. The van der Waals surface area contributed by atoms with Gasteiger partial charge in [0.2, 0.25) is 0 Å². The summed E-state index contributed by atoms with van der Waals surface area (Å²) in [6.45, 7) is 0. The highest BCUT2D eigenvalue weighted by molar-refractivity contribution is 5.98. The molecule has 2 aromatic carbocycles. The van der Waals surface area contributed by atoms with Gasteiger partial charge in [0.15, 0.2) is 0 Å². The van der Waals surface area contributed by atoms with Crippen molar-refractivity contribution in [3.8, 4) is 0 Å². The molecule has 0 amide bonds. The number of carbonyl (C=O) groups is 2. The minimum Gasteiger partial charge on any atom is -0.299 e. The number of hydrogen-bond acceptors (Lipinski definition) is 2. The van der Waals surface area contributed by atoms with E-state index in [-0.39, 0.29) is 18.0 Å². The van der Waals surface area contributed by atoms with Crippen LogP contribution < -0.4 is 0 Å². The molecule has 27 heavy (non-hydrogen) atoms. The molecule has 0 unspecified atom stereocenters. The number of rotatable bonds is 14. The van der Waals surface area contributed by atoms with Crippen molar-refractivity contribution in [3.05, 3.63) is 71.8 Å². The Bertz CT molecular complexity index is 602. The highest BCUT2D eigenvalue weighted by atomic mass is 16.1. The number of Topliss-reactive ketones (excluding diaryl/α,β-unsaturated/α-hetero) is 2. The molecule has 0 bridgehead atoms. The zero-order valence-corrected chi connectivity index (χ0v) is 16.4. The Labute approximate surface area is 164 Å². The monoisotopic (exact) mass is 364 g/mol. The number of aryl methyl sites for hydroxylation is 2. The van der Waals surface area contributed by atoms with Crippen LogP contribution >= 0.6 is 0 Å². The van der Waals surface area contributed by atoms with Crippen LogP contribution in [0.3, 0.4) is 0 Å². The van der Waals surface area contributed by atoms with E-state index in [2.05, 4.69) is 48.5 Å². The molecule has 0 aliphatic heterocycles. The Morgan fingerprint density at radius 1 is 0.519 bits per heavy atom. The van der Waals surface area contributed by atoms with Gasteiger partial charge in [-0.15, -0.1) is 0 Å². The number of unbranched alkanes of at least 4 members (excludes halogenated alkanes) is 4. The maximum atomic E-state index is 11.9. The summed E-state index contributed by atoms with van der Waals surface area (Å²) in [5.74, 6) is 0.230. The number of benzene rings is 2. The standard InChI is InChI=1S/C25H32O2/c26-24(19-11-3-9-17-22-13-5-1-6-14-22)21-25(27)20-12-4-10-18-23-15-7-2-8-16-23/h1-2,5-8,13-16H,3-4,9-12,17-21H2.